The number of halogens is 1. The van der Waals surface area contributed by atoms with Gasteiger partial charge in [-0.2, -0.15) is 0 Å². The number of benzene rings is 3. The van der Waals surface area contributed by atoms with Gasteiger partial charge < -0.3 is 14.8 Å². The lowest BCUT2D eigenvalue weighted by Crippen LogP contribution is -2.30. The van der Waals surface area contributed by atoms with Crippen molar-refractivity contribution in [1.29, 1.82) is 0 Å². The van der Waals surface area contributed by atoms with E-state index in [4.69, 9.17) is 33.3 Å². The third-order valence-corrected chi connectivity index (χ3v) is 7.13. The Hall–Kier alpha value is -3.33. The number of amides is 2. The maximum absolute atomic E-state index is 13.2. The van der Waals surface area contributed by atoms with E-state index >= 15 is 0 Å². The Labute approximate surface area is 230 Å². The molecule has 1 fully saturated rings. The van der Waals surface area contributed by atoms with Crippen molar-refractivity contribution in [3.63, 3.8) is 0 Å². The summed E-state index contributed by atoms with van der Waals surface area (Å²) in [6.07, 6.45) is 1.79. The van der Waals surface area contributed by atoms with Crippen molar-refractivity contribution >= 4 is 63.5 Å². The Morgan fingerprint density at radius 3 is 2.51 bits per heavy atom. The molecule has 2 amide bonds. The minimum Gasteiger partial charge on any atom is -0.490 e. The Kier molecular flexibility index (Phi) is 8.87. The highest BCUT2D eigenvalue weighted by Gasteiger charge is 2.35. The van der Waals surface area contributed by atoms with E-state index in [1.54, 1.807) is 47.4 Å². The molecule has 0 bridgehead atoms. The molecule has 0 aliphatic carbocycles. The molecule has 0 radical (unpaired) electrons. The molecule has 1 atom stereocenters. The van der Waals surface area contributed by atoms with Crippen molar-refractivity contribution < 1.29 is 19.1 Å². The summed E-state index contributed by atoms with van der Waals surface area (Å²) in [5.41, 5.74) is 2.40. The summed E-state index contributed by atoms with van der Waals surface area (Å²) in [4.78, 5) is 27.7. The van der Waals surface area contributed by atoms with Crippen molar-refractivity contribution in [3.8, 4) is 11.5 Å². The summed E-state index contributed by atoms with van der Waals surface area (Å²) in [7, 11) is 0. The number of hydrogen-bond donors (Lipinski definition) is 1. The van der Waals surface area contributed by atoms with Crippen molar-refractivity contribution in [2.45, 2.75) is 19.9 Å². The van der Waals surface area contributed by atoms with Crippen LogP contribution in [0.1, 0.15) is 31.0 Å². The molecule has 190 valence electrons. The van der Waals surface area contributed by atoms with Crippen LogP contribution in [0.25, 0.3) is 6.08 Å². The second-order valence-electron chi connectivity index (χ2n) is 8.12. The second kappa shape index (κ2) is 12.3. The topological polar surface area (TPSA) is 67.9 Å². The van der Waals surface area contributed by atoms with Gasteiger partial charge in [0.15, 0.2) is 18.1 Å². The summed E-state index contributed by atoms with van der Waals surface area (Å²) in [6.45, 7) is 4.04. The van der Waals surface area contributed by atoms with Gasteiger partial charge in [-0.1, -0.05) is 72.0 Å². The normalized spacial score (nSPS) is 15.1. The molecule has 3 aromatic rings. The summed E-state index contributed by atoms with van der Waals surface area (Å²) >= 11 is 12.7. The summed E-state index contributed by atoms with van der Waals surface area (Å²) in [6, 6.07) is 21.7. The first-order chi connectivity index (χ1) is 17.9. The molecule has 1 aliphatic heterocycles. The molecule has 0 unspecified atom stereocenters. The van der Waals surface area contributed by atoms with Crippen LogP contribution in [0.15, 0.2) is 77.7 Å². The molecule has 0 saturated carbocycles. The number of nitrogens with one attached hydrogen (secondary N) is 1. The average molecular weight is 553 g/mol. The van der Waals surface area contributed by atoms with Gasteiger partial charge >= 0.3 is 0 Å². The zero-order chi connectivity index (χ0) is 26.4. The largest absolute Gasteiger partial charge is 0.490 e. The van der Waals surface area contributed by atoms with E-state index in [9.17, 15) is 9.59 Å². The minimum absolute atomic E-state index is 0.136. The predicted molar refractivity (Wildman–Crippen MR) is 153 cm³/mol. The van der Waals surface area contributed by atoms with Gasteiger partial charge in [-0.05, 0) is 67.4 Å². The fourth-order valence-electron chi connectivity index (χ4n) is 3.72. The molecule has 9 heteroatoms. The lowest BCUT2D eigenvalue weighted by Gasteiger charge is -2.23. The number of rotatable bonds is 9. The maximum atomic E-state index is 13.2. The van der Waals surface area contributed by atoms with Gasteiger partial charge in [0.25, 0.3) is 11.8 Å². The third kappa shape index (κ3) is 6.71. The molecular weight excluding hydrogens is 528 g/mol. The Bertz CT molecular complexity index is 1330. The fraction of sp³-hybridized carbons (Fsp3) is 0.179. The monoisotopic (exact) mass is 552 g/mol. The molecule has 4 rings (SSSR count). The van der Waals surface area contributed by atoms with Crippen LogP contribution in [0.5, 0.6) is 11.5 Å². The number of carbonyl (C=O) groups is 2. The van der Waals surface area contributed by atoms with Gasteiger partial charge in [-0.3, -0.25) is 14.5 Å². The van der Waals surface area contributed by atoms with Gasteiger partial charge in [-0.25, -0.2) is 0 Å². The highest BCUT2D eigenvalue weighted by molar-refractivity contribution is 8.26. The molecule has 1 aliphatic rings. The summed E-state index contributed by atoms with van der Waals surface area (Å²) in [5.74, 6) is 0.452. The summed E-state index contributed by atoms with van der Waals surface area (Å²) < 4.78 is 12.0. The molecule has 0 aromatic heterocycles. The molecule has 1 heterocycles. The maximum Gasteiger partial charge on any atom is 0.266 e. The van der Waals surface area contributed by atoms with Crippen molar-refractivity contribution in [2.24, 2.45) is 0 Å². The highest BCUT2D eigenvalue weighted by atomic mass is 35.5. The van der Waals surface area contributed by atoms with Crippen LogP contribution in [-0.4, -0.2) is 34.2 Å². The lowest BCUT2D eigenvalue weighted by molar-refractivity contribution is -0.123. The number of anilines is 1. The third-order valence-electron chi connectivity index (χ3n) is 5.54. The molecular formula is C28H25ClN2O4S2. The first-order valence-corrected chi connectivity index (χ1v) is 13.2. The van der Waals surface area contributed by atoms with E-state index in [0.717, 1.165) is 11.1 Å². The van der Waals surface area contributed by atoms with Crippen molar-refractivity contribution in [3.05, 3.63) is 93.9 Å². The number of thioether (sulfide) groups is 1. The second-order valence-corrected chi connectivity index (χ2v) is 10.2. The van der Waals surface area contributed by atoms with E-state index in [2.05, 4.69) is 5.32 Å². The van der Waals surface area contributed by atoms with Crippen LogP contribution < -0.4 is 14.8 Å². The number of nitrogens with zero attached hydrogens (tertiary/aromatic N) is 1. The van der Waals surface area contributed by atoms with Crippen LogP contribution in [0.4, 0.5) is 5.69 Å². The standard InChI is InChI=1S/C28H25ClN2O4S2/c1-3-34-24-15-19(9-14-23(24)35-17-26(32)30-22-12-10-21(29)11-13-22)16-25-27(33)31(28(36)37-25)18(2)20-7-5-4-6-8-20/h4-16,18H,3,17H2,1-2H3,(H,30,32)/b25-16-/t18-/m0/s1. The molecule has 0 spiro atoms. The number of ether oxygens (including phenoxy) is 2. The lowest BCUT2D eigenvalue weighted by atomic mass is 10.1. The van der Waals surface area contributed by atoms with Gasteiger partial charge in [0.2, 0.25) is 0 Å². The van der Waals surface area contributed by atoms with Crippen LogP contribution >= 0.6 is 35.6 Å². The van der Waals surface area contributed by atoms with Crippen molar-refractivity contribution in [1.82, 2.24) is 4.90 Å². The number of carbonyl (C=O) groups excluding carboxylic acids is 2. The molecule has 37 heavy (non-hydrogen) atoms. The molecule has 1 N–H and O–H groups in total. The smallest absolute Gasteiger partial charge is 0.266 e. The average Bonchev–Trinajstić information content (AvgIpc) is 3.17. The highest BCUT2D eigenvalue weighted by Crippen LogP contribution is 2.39. The zero-order valence-corrected chi connectivity index (χ0v) is 22.7. The Morgan fingerprint density at radius 2 is 1.81 bits per heavy atom. The van der Waals surface area contributed by atoms with Crippen molar-refractivity contribution in [2.75, 3.05) is 18.5 Å². The van der Waals surface area contributed by atoms with Crippen LogP contribution in [0.3, 0.4) is 0 Å². The zero-order valence-electron chi connectivity index (χ0n) is 20.3. The summed E-state index contributed by atoms with van der Waals surface area (Å²) in [5, 5.41) is 3.34. The number of hydrogen-bond acceptors (Lipinski definition) is 6. The van der Waals surface area contributed by atoms with Gasteiger partial charge in [-0.15, -0.1) is 0 Å². The van der Waals surface area contributed by atoms with E-state index in [-0.39, 0.29) is 24.5 Å². The van der Waals surface area contributed by atoms with Gasteiger partial charge in [0, 0.05) is 10.7 Å². The molecule has 1 saturated heterocycles. The van der Waals surface area contributed by atoms with E-state index in [1.165, 1.54) is 11.8 Å². The Balaban J connectivity index is 1.46. The van der Waals surface area contributed by atoms with E-state index in [0.29, 0.717) is 38.0 Å². The van der Waals surface area contributed by atoms with Crippen LogP contribution in [0.2, 0.25) is 5.02 Å². The molecule has 3 aromatic carbocycles. The SMILES string of the molecule is CCOc1cc(/C=C2\SC(=S)N([C@@H](C)c3ccccc3)C2=O)ccc1OCC(=O)Nc1ccc(Cl)cc1. The fourth-order valence-corrected chi connectivity index (χ4v) is 5.27. The van der Waals surface area contributed by atoms with Crippen LogP contribution in [0, 0.1) is 0 Å². The van der Waals surface area contributed by atoms with Gasteiger partial charge in [0.05, 0.1) is 17.6 Å². The Morgan fingerprint density at radius 1 is 1.08 bits per heavy atom. The molecule has 6 nitrogen and oxygen atoms in total. The van der Waals surface area contributed by atoms with Crippen LogP contribution in [-0.2, 0) is 9.59 Å². The van der Waals surface area contributed by atoms with Gasteiger partial charge in [0.1, 0.15) is 4.32 Å². The van der Waals surface area contributed by atoms with E-state index < -0.39 is 0 Å². The predicted octanol–water partition coefficient (Wildman–Crippen LogP) is 6.72. The van der Waals surface area contributed by atoms with E-state index in [1.807, 2.05) is 50.2 Å². The quantitative estimate of drug-likeness (QED) is 0.235. The first kappa shape index (κ1) is 26.7. The minimum atomic E-state index is -0.315. The first-order valence-electron chi connectivity index (χ1n) is 11.6. The number of thiocarbonyl (C=S) groups is 1.